The number of aryl methyl sites for hydroxylation is 4. The molecule has 2 heterocycles. The quantitative estimate of drug-likeness (QED) is 0.515. The van der Waals surface area contributed by atoms with E-state index in [9.17, 15) is 13.2 Å². The molecule has 1 fully saturated rings. The average Bonchev–Trinajstić information content (AvgIpc) is 3.21. The van der Waals surface area contributed by atoms with E-state index in [0.717, 1.165) is 27.9 Å². The minimum Gasteiger partial charge on any atom is -0.355 e. The third-order valence-corrected chi connectivity index (χ3v) is 8.46. The van der Waals surface area contributed by atoms with Gasteiger partial charge in [0.25, 0.3) is 0 Å². The number of nitrogens with one attached hydrogen (secondary N) is 1. The summed E-state index contributed by atoms with van der Waals surface area (Å²) in [7, 11) is -3.82. The number of piperidine rings is 1. The molecule has 1 saturated heterocycles. The topological polar surface area (TPSA) is 92.5 Å². The zero-order valence-electron chi connectivity index (χ0n) is 20.5. The van der Waals surface area contributed by atoms with Crippen LogP contribution in [0.2, 0.25) is 0 Å². The van der Waals surface area contributed by atoms with E-state index in [1.807, 2.05) is 69.3 Å². The normalized spacial score (nSPS) is 15.5. The van der Waals surface area contributed by atoms with Crippen LogP contribution >= 0.6 is 0 Å². The molecule has 1 aliphatic heterocycles. The first-order chi connectivity index (χ1) is 16.6. The van der Waals surface area contributed by atoms with E-state index in [1.165, 1.54) is 4.31 Å². The number of nitrogens with zero attached hydrogens (tertiary/aromatic N) is 2. The molecule has 8 heteroatoms. The van der Waals surface area contributed by atoms with Gasteiger partial charge >= 0.3 is 0 Å². The standard InChI is InChI=1S/C27H31N3O4S/c1-18-5-8-22(9-6-18)10-12-25-26(21(4)29-34-25)35(32,33)30-15-13-23(14-16-30)27(31)28-24-11-7-19(2)17-20(24)3/h5-12,17,23H,13-16H2,1-4H3,(H,28,31)/b12-10+. The lowest BCUT2D eigenvalue weighted by Crippen LogP contribution is -2.41. The number of sulfonamides is 1. The Bertz CT molecular complexity index is 1350. The SMILES string of the molecule is Cc1ccc(/C=C/c2onc(C)c2S(=O)(=O)N2CCC(C(=O)Nc3ccc(C)cc3C)CC2)cc1. The first-order valence-electron chi connectivity index (χ1n) is 11.7. The molecular formula is C27H31N3O4S. The van der Waals surface area contributed by atoms with Crippen LogP contribution in [-0.4, -0.2) is 36.9 Å². The maximum atomic E-state index is 13.5. The van der Waals surface area contributed by atoms with Gasteiger partial charge in [-0.1, -0.05) is 58.8 Å². The monoisotopic (exact) mass is 493 g/mol. The van der Waals surface area contributed by atoms with Gasteiger partial charge in [0.15, 0.2) is 10.7 Å². The maximum Gasteiger partial charge on any atom is 0.248 e. The molecule has 0 unspecified atom stereocenters. The molecule has 3 aromatic rings. The van der Waals surface area contributed by atoms with Crippen LogP contribution < -0.4 is 5.32 Å². The van der Waals surface area contributed by atoms with Crippen LogP contribution in [0, 0.1) is 33.6 Å². The highest BCUT2D eigenvalue weighted by atomic mass is 32.2. The molecule has 0 atom stereocenters. The van der Waals surface area contributed by atoms with Crippen molar-refractivity contribution in [2.45, 2.75) is 45.4 Å². The maximum absolute atomic E-state index is 13.5. The molecule has 1 amide bonds. The van der Waals surface area contributed by atoms with Crippen LogP contribution in [0.4, 0.5) is 5.69 Å². The Kier molecular flexibility index (Phi) is 7.23. The molecule has 2 aromatic carbocycles. The Hall–Kier alpha value is -3.23. The Balaban J connectivity index is 1.45. The number of amides is 1. The largest absolute Gasteiger partial charge is 0.355 e. The van der Waals surface area contributed by atoms with E-state index in [2.05, 4.69) is 10.5 Å². The lowest BCUT2D eigenvalue weighted by molar-refractivity contribution is -0.120. The first kappa shape index (κ1) is 24.9. The van der Waals surface area contributed by atoms with E-state index in [0.29, 0.717) is 18.5 Å². The van der Waals surface area contributed by atoms with Crippen molar-refractivity contribution in [3.63, 3.8) is 0 Å². The molecule has 1 N–H and O–H groups in total. The predicted molar refractivity (Wildman–Crippen MR) is 137 cm³/mol. The molecule has 0 saturated carbocycles. The van der Waals surface area contributed by atoms with Crippen molar-refractivity contribution in [3.05, 3.63) is 76.2 Å². The summed E-state index contributed by atoms with van der Waals surface area (Å²) in [6.45, 7) is 8.13. The highest BCUT2D eigenvalue weighted by Gasteiger charge is 2.36. The molecule has 0 aliphatic carbocycles. The number of rotatable bonds is 6. The van der Waals surface area contributed by atoms with Crippen LogP contribution in [0.25, 0.3) is 12.2 Å². The summed E-state index contributed by atoms with van der Waals surface area (Å²) in [4.78, 5) is 12.9. The highest BCUT2D eigenvalue weighted by molar-refractivity contribution is 7.89. The predicted octanol–water partition coefficient (Wildman–Crippen LogP) is 5.12. The number of hydrogen-bond acceptors (Lipinski definition) is 5. The van der Waals surface area contributed by atoms with Gasteiger partial charge in [0.05, 0.1) is 0 Å². The molecule has 0 spiro atoms. The van der Waals surface area contributed by atoms with Crippen molar-refractivity contribution in [1.29, 1.82) is 0 Å². The molecule has 1 aliphatic rings. The molecule has 35 heavy (non-hydrogen) atoms. The van der Waals surface area contributed by atoms with Crippen LogP contribution in [0.3, 0.4) is 0 Å². The Labute approximate surface area is 206 Å². The molecule has 1 aromatic heterocycles. The summed E-state index contributed by atoms with van der Waals surface area (Å²) in [6, 6.07) is 13.8. The zero-order chi connectivity index (χ0) is 25.2. The second-order valence-corrected chi connectivity index (χ2v) is 11.1. The summed E-state index contributed by atoms with van der Waals surface area (Å²) in [5, 5.41) is 6.91. The number of benzene rings is 2. The molecule has 184 valence electrons. The zero-order valence-corrected chi connectivity index (χ0v) is 21.4. The molecule has 0 radical (unpaired) electrons. The number of carbonyl (C=O) groups is 1. The summed E-state index contributed by atoms with van der Waals surface area (Å²) < 4.78 is 33.7. The van der Waals surface area contributed by atoms with Crippen LogP contribution in [0.15, 0.2) is 51.9 Å². The summed E-state index contributed by atoms with van der Waals surface area (Å²) in [6.07, 6.45) is 4.35. The van der Waals surface area contributed by atoms with Crippen LogP contribution in [0.5, 0.6) is 0 Å². The molecule has 0 bridgehead atoms. The Morgan fingerprint density at radius 1 is 1.00 bits per heavy atom. The van der Waals surface area contributed by atoms with E-state index in [1.54, 1.807) is 13.0 Å². The van der Waals surface area contributed by atoms with Crippen molar-refractivity contribution in [2.75, 3.05) is 18.4 Å². The minimum atomic E-state index is -3.82. The van der Waals surface area contributed by atoms with Gasteiger partial charge in [0.2, 0.25) is 15.9 Å². The fourth-order valence-corrected chi connectivity index (χ4v) is 6.04. The van der Waals surface area contributed by atoms with Crippen molar-refractivity contribution >= 4 is 33.8 Å². The third kappa shape index (κ3) is 5.55. The van der Waals surface area contributed by atoms with E-state index in [-0.39, 0.29) is 35.6 Å². The minimum absolute atomic E-state index is 0.0723. The van der Waals surface area contributed by atoms with Crippen molar-refractivity contribution in [2.24, 2.45) is 5.92 Å². The number of hydrogen-bond donors (Lipinski definition) is 1. The van der Waals surface area contributed by atoms with Crippen molar-refractivity contribution in [1.82, 2.24) is 9.46 Å². The number of carbonyl (C=O) groups excluding carboxylic acids is 1. The lowest BCUT2D eigenvalue weighted by Gasteiger charge is -2.30. The van der Waals surface area contributed by atoms with Crippen molar-refractivity contribution in [3.8, 4) is 0 Å². The number of anilines is 1. The third-order valence-electron chi connectivity index (χ3n) is 6.40. The molecule has 7 nitrogen and oxygen atoms in total. The second kappa shape index (κ2) is 10.2. The van der Waals surface area contributed by atoms with E-state index >= 15 is 0 Å². The van der Waals surface area contributed by atoms with Gasteiger partial charge in [-0.25, -0.2) is 8.42 Å². The van der Waals surface area contributed by atoms with Crippen molar-refractivity contribution < 1.29 is 17.7 Å². The number of aromatic nitrogens is 1. The van der Waals surface area contributed by atoms with Gasteiger partial charge < -0.3 is 9.84 Å². The van der Waals surface area contributed by atoms with E-state index < -0.39 is 10.0 Å². The fourth-order valence-electron chi connectivity index (χ4n) is 4.32. The van der Waals surface area contributed by atoms with Gasteiger partial charge in [-0.05, 0) is 63.8 Å². The highest BCUT2D eigenvalue weighted by Crippen LogP contribution is 2.30. The van der Waals surface area contributed by atoms with E-state index in [4.69, 9.17) is 4.52 Å². The average molecular weight is 494 g/mol. The van der Waals surface area contributed by atoms with Gasteiger partial charge in [0.1, 0.15) is 5.69 Å². The second-order valence-electron chi connectivity index (χ2n) is 9.19. The van der Waals surface area contributed by atoms with Crippen LogP contribution in [0.1, 0.15) is 46.5 Å². The molecular weight excluding hydrogens is 462 g/mol. The fraction of sp³-hybridized carbons (Fsp3) is 0.333. The Morgan fingerprint density at radius 3 is 2.31 bits per heavy atom. The Morgan fingerprint density at radius 2 is 1.66 bits per heavy atom. The van der Waals surface area contributed by atoms with Gasteiger partial charge in [0, 0.05) is 24.7 Å². The lowest BCUT2D eigenvalue weighted by atomic mass is 9.97. The van der Waals surface area contributed by atoms with Gasteiger partial charge in [-0.15, -0.1) is 0 Å². The summed E-state index contributed by atoms with van der Waals surface area (Å²) in [5.74, 6) is -0.110. The van der Waals surface area contributed by atoms with Gasteiger partial charge in [-0.2, -0.15) is 4.31 Å². The van der Waals surface area contributed by atoms with Gasteiger partial charge in [-0.3, -0.25) is 4.79 Å². The summed E-state index contributed by atoms with van der Waals surface area (Å²) >= 11 is 0. The first-order valence-corrected chi connectivity index (χ1v) is 13.2. The molecule has 4 rings (SSSR count). The smallest absolute Gasteiger partial charge is 0.248 e. The summed E-state index contributed by atoms with van der Waals surface area (Å²) in [5.41, 5.74) is 5.34. The van der Waals surface area contributed by atoms with Crippen LogP contribution in [-0.2, 0) is 14.8 Å².